The van der Waals surface area contributed by atoms with Crippen molar-refractivity contribution in [2.75, 3.05) is 0 Å². The number of hydrogen-bond acceptors (Lipinski definition) is 5. The van der Waals surface area contributed by atoms with Crippen molar-refractivity contribution in [1.82, 2.24) is 4.57 Å². The van der Waals surface area contributed by atoms with Gasteiger partial charge in [-0.25, -0.2) is 28.0 Å². The van der Waals surface area contributed by atoms with Crippen molar-refractivity contribution in [1.29, 1.82) is 0 Å². The molecule has 0 unspecified atom stereocenters. The molecule has 2 aromatic carbocycles. The van der Waals surface area contributed by atoms with Gasteiger partial charge in [-0.1, -0.05) is 36.4 Å². The summed E-state index contributed by atoms with van der Waals surface area (Å²) in [6.07, 6.45) is 0.812. The molecule has 0 amide bonds. The molecule has 1 aliphatic rings. The monoisotopic (exact) mass is 362 g/mol. The van der Waals surface area contributed by atoms with E-state index >= 15 is 0 Å². The summed E-state index contributed by atoms with van der Waals surface area (Å²) in [5.74, 6) is 1.08. The molecule has 0 bridgehead atoms. The molecule has 1 aromatic heterocycles. The Morgan fingerprint density at radius 1 is 0.960 bits per heavy atom. The summed E-state index contributed by atoms with van der Waals surface area (Å²) in [5.41, 5.74) is 3.78. The van der Waals surface area contributed by atoms with Gasteiger partial charge in [0.25, 0.3) is 5.82 Å². The molecular weight excluding hydrogens is 348 g/mol. The molecule has 0 radical (unpaired) electrons. The van der Waals surface area contributed by atoms with Gasteiger partial charge in [0.15, 0.2) is 0 Å². The van der Waals surface area contributed by atoms with Gasteiger partial charge < -0.3 is 0 Å². The number of rotatable bonds is 0. The van der Waals surface area contributed by atoms with Crippen LogP contribution < -0.4 is 28.8 Å². The first-order valence-corrected chi connectivity index (χ1v) is 8.68. The number of nitrogens with zero attached hydrogens (tertiary/aromatic N) is 2. The minimum Gasteiger partial charge on any atom is -0.241 e. The van der Waals surface area contributed by atoms with Crippen LogP contribution >= 0.6 is 0 Å². The Morgan fingerprint density at radius 2 is 1.52 bits per heavy atom. The molecule has 0 saturated carbocycles. The van der Waals surface area contributed by atoms with Gasteiger partial charge >= 0.3 is 5.56 Å². The number of benzene rings is 2. The zero-order valence-electron chi connectivity index (χ0n) is 13.3. The minimum atomic E-state index is -4.94. The van der Waals surface area contributed by atoms with Crippen molar-refractivity contribution in [3.05, 3.63) is 75.8 Å². The van der Waals surface area contributed by atoms with E-state index in [4.69, 9.17) is 18.6 Å². The van der Waals surface area contributed by atoms with Gasteiger partial charge in [-0.05, 0) is 23.3 Å². The quantitative estimate of drug-likeness (QED) is 0.309. The van der Waals surface area contributed by atoms with Crippen molar-refractivity contribution in [3.8, 4) is 0 Å². The average molecular weight is 363 g/mol. The molecule has 7 nitrogen and oxygen atoms in total. The first-order valence-electron chi connectivity index (χ1n) is 7.44. The summed E-state index contributed by atoms with van der Waals surface area (Å²) >= 11 is 0. The van der Waals surface area contributed by atoms with Crippen LogP contribution in [0.15, 0.2) is 53.3 Å². The molecule has 25 heavy (non-hydrogen) atoms. The van der Waals surface area contributed by atoms with Crippen molar-refractivity contribution in [3.63, 3.8) is 0 Å². The second kappa shape index (κ2) is 6.55. The standard InChI is InChI=1S/C17H15N2O.ClHO4/c1-18-16-10-12-6-2-3-7-13(12)11-19(16)15-9-5-4-8-14(15)17(18)20;2-1(3,4)5/h2-9H,10-11H2,1H3;(H,2,3,4,5)/q+1;/p-1. The zero-order valence-corrected chi connectivity index (χ0v) is 14.1. The van der Waals surface area contributed by atoms with Crippen LogP contribution in [-0.2, 0) is 20.0 Å². The van der Waals surface area contributed by atoms with E-state index < -0.39 is 10.2 Å². The van der Waals surface area contributed by atoms with Crippen LogP contribution in [0.25, 0.3) is 10.9 Å². The van der Waals surface area contributed by atoms with E-state index in [2.05, 4.69) is 28.8 Å². The first kappa shape index (κ1) is 17.5. The van der Waals surface area contributed by atoms with Gasteiger partial charge in [-0.3, -0.25) is 0 Å². The fourth-order valence-corrected chi connectivity index (χ4v) is 3.12. The van der Waals surface area contributed by atoms with Crippen LogP contribution in [0.3, 0.4) is 0 Å². The molecule has 0 saturated heterocycles. The predicted octanol–water partition coefficient (Wildman–Crippen LogP) is -2.98. The van der Waals surface area contributed by atoms with Crippen LogP contribution in [0.4, 0.5) is 0 Å². The molecule has 4 rings (SSSR count). The second-order valence-electron chi connectivity index (χ2n) is 5.71. The van der Waals surface area contributed by atoms with E-state index in [1.807, 2.05) is 31.3 Å². The number of hydrogen-bond donors (Lipinski definition) is 0. The van der Waals surface area contributed by atoms with Crippen molar-refractivity contribution < 1.29 is 33.4 Å². The summed E-state index contributed by atoms with van der Waals surface area (Å²) in [4.78, 5) is 12.5. The van der Waals surface area contributed by atoms with Gasteiger partial charge in [0.1, 0.15) is 17.4 Å². The Kier molecular flexibility index (Phi) is 4.59. The molecule has 3 aromatic rings. The highest BCUT2D eigenvalue weighted by molar-refractivity contribution is 5.74. The molecule has 0 aliphatic carbocycles. The van der Waals surface area contributed by atoms with Crippen LogP contribution in [0.2, 0.25) is 0 Å². The smallest absolute Gasteiger partial charge is 0.241 e. The molecule has 1 aliphatic heterocycles. The Balaban J connectivity index is 0.000000324. The Labute approximate surface area is 145 Å². The Bertz CT molecular complexity index is 988. The van der Waals surface area contributed by atoms with Crippen LogP contribution in [-0.4, -0.2) is 4.57 Å². The van der Waals surface area contributed by atoms with Crippen molar-refractivity contribution in [2.24, 2.45) is 7.05 Å². The SMILES string of the molecule is Cn1c2[n+](c3ccccc3c1=O)Cc1ccccc1C2.[O-][Cl+3]([O-])([O-])[O-]. The van der Waals surface area contributed by atoms with E-state index in [0.717, 1.165) is 29.7 Å². The molecule has 0 atom stereocenters. The maximum absolute atomic E-state index is 12.5. The lowest BCUT2D eigenvalue weighted by molar-refractivity contribution is -2.00. The molecule has 0 fully saturated rings. The van der Waals surface area contributed by atoms with Gasteiger partial charge in [-0.15, -0.1) is 10.2 Å². The van der Waals surface area contributed by atoms with E-state index in [0.29, 0.717) is 0 Å². The zero-order chi connectivity index (χ0) is 18.2. The minimum absolute atomic E-state index is 0.0891. The van der Waals surface area contributed by atoms with Gasteiger partial charge in [0.2, 0.25) is 0 Å². The predicted molar refractivity (Wildman–Crippen MR) is 77.7 cm³/mol. The summed E-state index contributed by atoms with van der Waals surface area (Å²) in [6.45, 7) is 0.833. The lowest BCUT2D eigenvalue weighted by Gasteiger charge is -2.19. The van der Waals surface area contributed by atoms with E-state index in [-0.39, 0.29) is 5.56 Å². The topological polar surface area (TPSA) is 118 Å². The highest BCUT2D eigenvalue weighted by atomic mass is 35.7. The lowest BCUT2D eigenvalue weighted by Crippen LogP contribution is -2.68. The molecule has 8 heteroatoms. The summed E-state index contributed by atoms with van der Waals surface area (Å²) in [5, 5.41) is 0.790. The summed E-state index contributed by atoms with van der Waals surface area (Å²) in [7, 11) is -3.07. The van der Waals surface area contributed by atoms with E-state index in [1.54, 1.807) is 4.57 Å². The molecular formula is C17H15ClN2O5. The van der Waals surface area contributed by atoms with Crippen LogP contribution in [0.5, 0.6) is 0 Å². The van der Waals surface area contributed by atoms with E-state index in [9.17, 15) is 4.79 Å². The Hall–Kier alpha value is -2.29. The Morgan fingerprint density at radius 3 is 2.20 bits per heavy atom. The molecule has 130 valence electrons. The van der Waals surface area contributed by atoms with E-state index in [1.165, 1.54) is 11.1 Å². The third-order valence-corrected chi connectivity index (χ3v) is 4.22. The summed E-state index contributed by atoms with van der Waals surface area (Å²) in [6, 6.07) is 16.3. The lowest BCUT2D eigenvalue weighted by atomic mass is 10.00. The highest BCUT2D eigenvalue weighted by Gasteiger charge is 2.26. The average Bonchev–Trinajstić information content (AvgIpc) is 2.57. The molecule has 2 heterocycles. The number of aromatic nitrogens is 2. The van der Waals surface area contributed by atoms with Crippen molar-refractivity contribution >= 4 is 10.9 Å². The third-order valence-electron chi connectivity index (χ3n) is 4.22. The molecule has 0 spiro atoms. The number of fused-ring (bicyclic) bond motifs is 4. The second-order valence-corrected chi connectivity index (χ2v) is 6.46. The van der Waals surface area contributed by atoms with Gasteiger partial charge in [0.05, 0.1) is 13.5 Å². The fraction of sp³-hybridized carbons (Fsp3) is 0.176. The van der Waals surface area contributed by atoms with Gasteiger partial charge in [0, 0.05) is 0 Å². The number of para-hydroxylation sites is 1. The molecule has 0 N–H and O–H groups in total. The van der Waals surface area contributed by atoms with Crippen LogP contribution in [0.1, 0.15) is 17.0 Å². The largest absolute Gasteiger partial charge is 0.345 e. The maximum Gasteiger partial charge on any atom is 0.345 e. The number of halogens is 1. The maximum atomic E-state index is 12.5. The first-order chi connectivity index (χ1) is 11.8. The van der Waals surface area contributed by atoms with Gasteiger partial charge in [-0.2, -0.15) is 4.57 Å². The van der Waals surface area contributed by atoms with Crippen molar-refractivity contribution in [2.45, 2.75) is 13.0 Å². The van der Waals surface area contributed by atoms with Crippen LogP contribution in [0, 0.1) is 10.2 Å². The fourth-order valence-electron chi connectivity index (χ4n) is 3.12. The third kappa shape index (κ3) is 3.71. The normalized spacial score (nSPS) is 12.8. The highest BCUT2D eigenvalue weighted by Crippen LogP contribution is 2.18. The summed E-state index contributed by atoms with van der Waals surface area (Å²) < 4.78 is 38.0.